The summed E-state index contributed by atoms with van der Waals surface area (Å²) < 4.78 is 5.65. The molecule has 1 aromatic carbocycles. The second-order valence-electron chi connectivity index (χ2n) is 5.82. The number of benzene rings is 1. The Bertz CT molecular complexity index is 483. The summed E-state index contributed by atoms with van der Waals surface area (Å²) in [5, 5.41) is 2.87. The number of hydrogen-bond acceptors (Lipinski definition) is 2. The van der Waals surface area contributed by atoms with Gasteiger partial charge in [0.25, 0.3) is 0 Å². The van der Waals surface area contributed by atoms with Gasteiger partial charge < -0.3 is 10.1 Å². The quantitative estimate of drug-likeness (QED) is 0.839. The highest BCUT2D eigenvalue weighted by Gasteiger charge is 2.55. The molecular weight excluding hydrogens is 262 g/mol. The predicted octanol–water partition coefficient (Wildman–Crippen LogP) is 3.43. The van der Waals surface area contributed by atoms with Crippen molar-refractivity contribution in [2.45, 2.75) is 31.6 Å². The van der Waals surface area contributed by atoms with Gasteiger partial charge >= 0.3 is 0 Å². The minimum Gasteiger partial charge on any atom is -0.493 e. The molecule has 0 aromatic heterocycles. The second-order valence-corrected chi connectivity index (χ2v) is 6.35. The standard InChI is InChI=1S/C15H18ClNO2/c1-15(8-13(15)16)14(18)17-11-4-6-12(7-5-11)19-9-10-2-3-10/h4-7,10,13H,2-3,8-9H2,1H3,(H,17,18). The van der Waals surface area contributed by atoms with E-state index in [4.69, 9.17) is 16.3 Å². The monoisotopic (exact) mass is 279 g/mol. The number of ether oxygens (including phenoxy) is 1. The number of carbonyl (C=O) groups is 1. The van der Waals surface area contributed by atoms with Crippen molar-refractivity contribution in [2.75, 3.05) is 11.9 Å². The van der Waals surface area contributed by atoms with Crippen LogP contribution < -0.4 is 10.1 Å². The number of hydrogen-bond donors (Lipinski definition) is 1. The summed E-state index contributed by atoms with van der Waals surface area (Å²) in [5.74, 6) is 1.60. The van der Waals surface area contributed by atoms with Crippen LogP contribution in [-0.4, -0.2) is 17.9 Å². The zero-order chi connectivity index (χ0) is 13.5. The van der Waals surface area contributed by atoms with Gasteiger partial charge in [0.15, 0.2) is 0 Å². The lowest BCUT2D eigenvalue weighted by molar-refractivity contribution is -0.120. The van der Waals surface area contributed by atoms with Gasteiger partial charge in [-0.3, -0.25) is 4.79 Å². The molecular formula is C15H18ClNO2. The normalized spacial score (nSPS) is 28.8. The van der Waals surface area contributed by atoms with Crippen LogP contribution in [0.5, 0.6) is 5.75 Å². The van der Waals surface area contributed by atoms with Gasteiger partial charge in [-0.1, -0.05) is 0 Å². The molecule has 102 valence electrons. The maximum absolute atomic E-state index is 12.0. The van der Waals surface area contributed by atoms with Gasteiger partial charge in [-0.05, 0) is 56.4 Å². The predicted molar refractivity (Wildman–Crippen MR) is 75.7 cm³/mol. The third kappa shape index (κ3) is 2.86. The van der Waals surface area contributed by atoms with Crippen LogP contribution in [0.25, 0.3) is 0 Å². The molecule has 3 rings (SSSR count). The van der Waals surface area contributed by atoms with Crippen LogP contribution in [0.3, 0.4) is 0 Å². The molecule has 2 aliphatic carbocycles. The summed E-state index contributed by atoms with van der Waals surface area (Å²) in [6.45, 7) is 2.70. The molecule has 2 fully saturated rings. The van der Waals surface area contributed by atoms with Crippen LogP contribution in [-0.2, 0) is 4.79 Å². The zero-order valence-electron chi connectivity index (χ0n) is 11.0. The fourth-order valence-electron chi connectivity index (χ4n) is 1.96. The van der Waals surface area contributed by atoms with E-state index in [-0.39, 0.29) is 11.3 Å². The molecule has 0 radical (unpaired) electrons. The number of nitrogens with one attached hydrogen (secondary N) is 1. The molecule has 19 heavy (non-hydrogen) atoms. The molecule has 2 atom stereocenters. The van der Waals surface area contributed by atoms with Crippen molar-refractivity contribution in [3.63, 3.8) is 0 Å². The molecule has 1 aromatic rings. The summed E-state index contributed by atoms with van der Waals surface area (Å²) in [6.07, 6.45) is 3.32. The number of alkyl halides is 1. The van der Waals surface area contributed by atoms with Crippen molar-refractivity contribution in [1.29, 1.82) is 0 Å². The van der Waals surface area contributed by atoms with Crippen molar-refractivity contribution in [1.82, 2.24) is 0 Å². The summed E-state index contributed by atoms with van der Waals surface area (Å²) in [6, 6.07) is 7.53. The lowest BCUT2D eigenvalue weighted by atomic mass is 10.1. The minimum atomic E-state index is -0.400. The molecule has 0 bridgehead atoms. The second kappa shape index (κ2) is 4.71. The molecule has 1 amide bonds. The molecule has 2 saturated carbocycles. The third-order valence-corrected chi connectivity index (χ3v) is 4.58. The van der Waals surface area contributed by atoms with Crippen molar-refractivity contribution >= 4 is 23.2 Å². The summed E-state index contributed by atoms with van der Waals surface area (Å²) in [5.41, 5.74) is 0.392. The van der Waals surface area contributed by atoms with Crippen LogP contribution in [0.4, 0.5) is 5.69 Å². The molecule has 0 spiro atoms. The van der Waals surface area contributed by atoms with Gasteiger partial charge in [0.1, 0.15) is 5.75 Å². The van der Waals surface area contributed by atoms with E-state index in [1.165, 1.54) is 12.8 Å². The Hall–Kier alpha value is -1.22. The van der Waals surface area contributed by atoms with Gasteiger partial charge in [-0.15, -0.1) is 11.6 Å². The highest BCUT2D eigenvalue weighted by Crippen LogP contribution is 2.50. The average molecular weight is 280 g/mol. The molecule has 2 unspecified atom stereocenters. The lowest BCUT2D eigenvalue weighted by Crippen LogP contribution is -2.23. The number of anilines is 1. The first-order valence-electron chi connectivity index (χ1n) is 6.76. The van der Waals surface area contributed by atoms with E-state index in [1.807, 2.05) is 31.2 Å². The first-order valence-corrected chi connectivity index (χ1v) is 7.20. The first-order chi connectivity index (χ1) is 9.08. The Kier molecular flexibility index (Phi) is 3.17. The summed E-state index contributed by atoms with van der Waals surface area (Å²) in [7, 11) is 0. The van der Waals surface area contributed by atoms with E-state index in [0.29, 0.717) is 0 Å². The Balaban J connectivity index is 1.54. The van der Waals surface area contributed by atoms with Gasteiger partial charge in [0.2, 0.25) is 5.91 Å². The molecule has 4 heteroatoms. The molecule has 3 nitrogen and oxygen atoms in total. The van der Waals surface area contributed by atoms with Gasteiger partial charge in [-0.2, -0.15) is 0 Å². The molecule has 0 aliphatic heterocycles. The fourth-order valence-corrected chi connectivity index (χ4v) is 2.37. The number of halogens is 1. The van der Waals surface area contributed by atoms with Gasteiger partial charge in [0.05, 0.1) is 12.0 Å². The van der Waals surface area contributed by atoms with E-state index >= 15 is 0 Å². The van der Waals surface area contributed by atoms with Crippen molar-refractivity contribution in [3.05, 3.63) is 24.3 Å². The van der Waals surface area contributed by atoms with E-state index in [0.717, 1.165) is 30.4 Å². The van der Waals surface area contributed by atoms with E-state index in [9.17, 15) is 4.79 Å². The third-order valence-electron chi connectivity index (χ3n) is 3.95. The number of amides is 1. The average Bonchev–Trinajstić information content (AvgIpc) is 3.29. The van der Waals surface area contributed by atoms with E-state index in [2.05, 4.69) is 5.32 Å². The van der Waals surface area contributed by atoms with Crippen LogP contribution in [0, 0.1) is 11.3 Å². The Morgan fingerprint density at radius 3 is 2.58 bits per heavy atom. The Labute approximate surface area is 118 Å². The molecule has 0 heterocycles. The Morgan fingerprint density at radius 1 is 1.42 bits per heavy atom. The van der Waals surface area contributed by atoms with Gasteiger partial charge in [-0.25, -0.2) is 0 Å². The Morgan fingerprint density at radius 2 is 2.05 bits per heavy atom. The maximum Gasteiger partial charge on any atom is 0.231 e. The van der Waals surface area contributed by atoms with Crippen LogP contribution >= 0.6 is 11.6 Å². The van der Waals surface area contributed by atoms with Gasteiger partial charge in [0, 0.05) is 11.1 Å². The van der Waals surface area contributed by atoms with Crippen molar-refractivity contribution < 1.29 is 9.53 Å². The largest absolute Gasteiger partial charge is 0.493 e. The van der Waals surface area contributed by atoms with Crippen LogP contribution in [0.1, 0.15) is 26.2 Å². The maximum atomic E-state index is 12.0. The summed E-state index contributed by atoms with van der Waals surface area (Å²) in [4.78, 5) is 12.0. The van der Waals surface area contributed by atoms with E-state index < -0.39 is 5.41 Å². The highest BCUT2D eigenvalue weighted by atomic mass is 35.5. The van der Waals surface area contributed by atoms with Crippen molar-refractivity contribution in [2.24, 2.45) is 11.3 Å². The number of carbonyl (C=O) groups excluding carboxylic acids is 1. The van der Waals surface area contributed by atoms with Crippen LogP contribution in [0.15, 0.2) is 24.3 Å². The minimum absolute atomic E-state index is 0.000788. The summed E-state index contributed by atoms with van der Waals surface area (Å²) >= 11 is 5.98. The zero-order valence-corrected chi connectivity index (χ0v) is 11.7. The number of rotatable bonds is 5. The highest BCUT2D eigenvalue weighted by molar-refractivity contribution is 6.26. The lowest BCUT2D eigenvalue weighted by Gasteiger charge is -2.11. The first kappa shape index (κ1) is 12.8. The SMILES string of the molecule is CC1(C(=O)Nc2ccc(OCC3CC3)cc2)CC1Cl. The van der Waals surface area contributed by atoms with Crippen molar-refractivity contribution in [3.8, 4) is 5.75 Å². The topological polar surface area (TPSA) is 38.3 Å². The smallest absolute Gasteiger partial charge is 0.231 e. The van der Waals surface area contributed by atoms with E-state index in [1.54, 1.807) is 0 Å². The van der Waals surface area contributed by atoms with Crippen LogP contribution in [0.2, 0.25) is 0 Å². The molecule has 0 saturated heterocycles. The fraction of sp³-hybridized carbons (Fsp3) is 0.533. The molecule has 2 aliphatic rings. The molecule has 1 N–H and O–H groups in total.